The minimum Gasteiger partial charge on any atom is -0.300 e. The standard InChI is InChI=1S/C12H22O/c1-3-4-5-6-7-8-9-10-11-12(2)13/h3-4H,5-11H2,1-2H3/b4-3+. The van der Waals surface area contributed by atoms with E-state index >= 15 is 0 Å². The van der Waals surface area contributed by atoms with Gasteiger partial charge in [0.2, 0.25) is 0 Å². The molecule has 0 saturated carbocycles. The Labute approximate surface area is 82.2 Å². The van der Waals surface area contributed by atoms with Gasteiger partial charge in [0.15, 0.2) is 0 Å². The number of unbranched alkanes of at least 4 members (excludes halogenated alkanes) is 5. The zero-order valence-electron chi connectivity index (χ0n) is 9.01. The van der Waals surface area contributed by atoms with Gasteiger partial charge in [-0.2, -0.15) is 0 Å². The molecule has 0 N–H and O–H groups in total. The van der Waals surface area contributed by atoms with Crippen LogP contribution in [0, 0.1) is 0 Å². The fourth-order valence-electron chi connectivity index (χ4n) is 1.33. The topological polar surface area (TPSA) is 17.1 Å². The molecule has 76 valence electrons. The van der Waals surface area contributed by atoms with E-state index in [1.165, 1.54) is 32.1 Å². The molecule has 0 fully saturated rings. The minimum absolute atomic E-state index is 0.328. The number of Topliss-reactive ketones (excluding diaryl/α,β-unsaturated/α-hetero) is 1. The van der Waals surface area contributed by atoms with Crippen LogP contribution in [0.1, 0.15) is 58.8 Å². The van der Waals surface area contributed by atoms with Crippen LogP contribution in [0.15, 0.2) is 12.2 Å². The molecule has 13 heavy (non-hydrogen) atoms. The van der Waals surface area contributed by atoms with Crippen LogP contribution in [0.3, 0.4) is 0 Å². The van der Waals surface area contributed by atoms with Gasteiger partial charge in [-0.05, 0) is 33.1 Å². The maximum atomic E-state index is 10.6. The lowest BCUT2D eigenvalue weighted by atomic mass is 10.1. The molecule has 1 heteroatoms. The fourth-order valence-corrected chi connectivity index (χ4v) is 1.33. The molecule has 0 heterocycles. The summed E-state index contributed by atoms with van der Waals surface area (Å²) in [6.45, 7) is 3.74. The molecule has 0 aromatic heterocycles. The fraction of sp³-hybridized carbons (Fsp3) is 0.750. The Morgan fingerprint density at radius 2 is 1.69 bits per heavy atom. The van der Waals surface area contributed by atoms with E-state index in [2.05, 4.69) is 19.1 Å². The quantitative estimate of drug-likeness (QED) is 0.411. The molecular formula is C12H22O. The summed E-state index contributed by atoms with van der Waals surface area (Å²) in [4.78, 5) is 10.6. The number of hydrogen-bond acceptors (Lipinski definition) is 1. The van der Waals surface area contributed by atoms with E-state index in [1.54, 1.807) is 6.92 Å². The highest BCUT2D eigenvalue weighted by Gasteiger charge is 1.93. The average Bonchev–Trinajstić information content (AvgIpc) is 2.09. The summed E-state index contributed by atoms with van der Waals surface area (Å²) in [5.41, 5.74) is 0. The summed E-state index contributed by atoms with van der Waals surface area (Å²) in [7, 11) is 0. The maximum Gasteiger partial charge on any atom is 0.129 e. The van der Waals surface area contributed by atoms with E-state index in [-0.39, 0.29) is 0 Å². The molecule has 0 amide bonds. The smallest absolute Gasteiger partial charge is 0.129 e. The molecule has 0 aromatic rings. The highest BCUT2D eigenvalue weighted by Crippen LogP contribution is 2.07. The van der Waals surface area contributed by atoms with Gasteiger partial charge in [0, 0.05) is 6.42 Å². The van der Waals surface area contributed by atoms with Gasteiger partial charge < -0.3 is 4.79 Å². The van der Waals surface area contributed by atoms with Gasteiger partial charge in [0.25, 0.3) is 0 Å². The van der Waals surface area contributed by atoms with Crippen LogP contribution in [0.2, 0.25) is 0 Å². The molecule has 0 aliphatic heterocycles. The molecule has 0 bridgehead atoms. The second-order valence-corrected chi connectivity index (χ2v) is 3.58. The van der Waals surface area contributed by atoms with Gasteiger partial charge in [-0.25, -0.2) is 0 Å². The Morgan fingerprint density at radius 1 is 1.08 bits per heavy atom. The van der Waals surface area contributed by atoms with E-state index in [9.17, 15) is 4.79 Å². The van der Waals surface area contributed by atoms with Crippen LogP contribution in [0.4, 0.5) is 0 Å². The van der Waals surface area contributed by atoms with E-state index in [4.69, 9.17) is 0 Å². The van der Waals surface area contributed by atoms with Crippen LogP contribution in [0.5, 0.6) is 0 Å². The third-order valence-corrected chi connectivity index (χ3v) is 2.14. The molecule has 1 nitrogen and oxygen atoms in total. The number of carbonyl (C=O) groups is 1. The monoisotopic (exact) mass is 182 g/mol. The summed E-state index contributed by atoms with van der Waals surface area (Å²) >= 11 is 0. The van der Waals surface area contributed by atoms with Crippen molar-refractivity contribution in [1.29, 1.82) is 0 Å². The Morgan fingerprint density at radius 3 is 2.31 bits per heavy atom. The molecular weight excluding hydrogens is 160 g/mol. The third kappa shape index (κ3) is 11.4. The number of allylic oxidation sites excluding steroid dienone is 2. The van der Waals surface area contributed by atoms with Crippen molar-refractivity contribution in [2.45, 2.75) is 58.8 Å². The largest absolute Gasteiger partial charge is 0.300 e. The van der Waals surface area contributed by atoms with Gasteiger partial charge in [0.1, 0.15) is 5.78 Å². The first-order valence-corrected chi connectivity index (χ1v) is 5.38. The Bertz CT molecular complexity index is 147. The van der Waals surface area contributed by atoms with E-state index in [0.29, 0.717) is 5.78 Å². The van der Waals surface area contributed by atoms with Crippen molar-refractivity contribution in [3.63, 3.8) is 0 Å². The Hall–Kier alpha value is -0.590. The molecule has 0 saturated heterocycles. The lowest BCUT2D eigenvalue weighted by Crippen LogP contribution is -1.89. The summed E-state index contributed by atoms with van der Waals surface area (Å²) in [6, 6.07) is 0. The SMILES string of the molecule is C/C=C/CCCCCCCC(C)=O. The van der Waals surface area contributed by atoms with Crippen molar-refractivity contribution in [1.82, 2.24) is 0 Å². The van der Waals surface area contributed by atoms with Crippen molar-refractivity contribution in [3.8, 4) is 0 Å². The molecule has 0 aliphatic carbocycles. The van der Waals surface area contributed by atoms with Crippen molar-refractivity contribution in [2.75, 3.05) is 0 Å². The predicted octanol–water partition coefficient (Wildman–Crippen LogP) is 3.88. The highest BCUT2D eigenvalue weighted by molar-refractivity contribution is 5.75. The van der Waals surface area contributed by atoms with Crippen molar-refractivity contribution in [2.24, 2.45) is 0 Å². The second-order valence-electron chi connectivity index (χ2n) is 3.58. The van der Waals surface area contributed by atoms with Crippen molar-refractivity contribution in [3.05, 3.63) is 12.2 Å². The average molecular weight is 182 g/mol. The molecule has 0 atom stereocenters. The molecule has 0 spiro atoms. The molecule has 0 aliphatic rings. The number of hydrogen-bond donors (Lipinski definition) is 0. The Balaban J connectivity index is 2.95. The zero-order chi connectivity index (χ0) is 9.94. The molecule has 0 radical (unpaired) electrons. The third-order valence-electron chi connectivity index (χ3n) is 2.14. The van der Waals surface area contributed by atoms with Crippen molar-refractivity contribution < 1.29 is 4.79 Å². The van der Waals surface area contributed by atoms with Crippen LogP contribution in [-0.2, 0) is 4.79 Å². The van der Waals surface area contributed by atoms with Gasteiger partial charge in [-0.1, -0.05) is 31.4 Å². The first-order chi connectivity index (χ1) is 6.27. The van der Waals surface area contributed by atoms with Gasteiger partial charge >= 0.3 is 0 Å². The lowest BCUT2D eigenvalue weighted by molar-refractivity contribution is -0.117. The molecule has 0 rings (SSSR count). The van der Waals surface area contributed by atoms with E-state index < -0.39 is 0 Å². The lowest BCUT2D eigenvalue weighted by Gasteiger charge is -1.98. The second kappa shape index (κ2) is 9.50. The van der Waals surface area contributed by atoms with Crippen LogP contribution in [0.25, 0.3) is 0 Å². The normalized spacial score (nSPS) is 10.9. The van der Waals surface area contributed by atoms with Crippen LogP contribution in [-0.4, -0.2) is 5.78 Å². The zero-order valence-corrected chi connectivity index (χ0v) is 9.01. The molecule has 0 aromatic carbocycles. The summed E-state index contributed by atoms with van der Waals surface area (Å²) in [6.07, 6.45) is 12.5. The minimum atomic E-state index is 0.328. The number of ketones is 1. The molecule has 0 unspecified atom stereocenters. The summed E-state index contributed by atoms with van der Waals surface area (Å²) in [5.74, 6) is 0.328. The van der Waals surface area contributed by atoms with E-state index in [1.807, 2.05) is 0 Å². The summed E-state index contributed by atoms with van der Waals surface area (Å²) in [5, 5.41) is 0. The van der Waals surface area contributed by atoms with E-state index in [0.717, 1.165) is 12.8 Å². The summed E-state index contributed by atoms with van der Waals surface area (Å²) < 4.78 is 0. The first kappa shape index (κ1) is 12.4. The predicted molar refractivity (Wildman–Crippen MR) is 57.8 cm³/mol. The maximum absolute atomic E-state index is 10.6. The van der Waals surface area contributed by atoms with Crippen LogP contribution >= 0.6 is 0 Å². The number of rotatable bonds is 8. The van der Waals surface area contributed by atoms with Gasteiger partial charge in [-0.3, -0.25) is 0 Å². The van der Waals surface area contributed by atoms with Gasteiger partial charge in [0.05, 0.1) is 0 Å². The van der Waals surface area contributed by atoms with Gasteiger partial charge in [-0.15, -0.1) is 0 Å². The first-order valence-electron chi connectivity index (χ1n) is 5.38. The van der Waals surface area contributed by atoms with Crippen LogP contribution < -0.4 is 0 Å². The van der Waals surface area contributed by atoms with Crippen molar-refractivity contribution >= 4 is 5.78 Å². The highest BCUT2D eigenvalue weighted by atomic mass is 16.1. The Kier molecular flexibility index (Phi) is 9.07. The number of carbonyl (C=O) groups excluding carboxylic acids is 1.